The highest BCUT2D eigenvalue weighted by Crippen LogP contribution is 2.29. The number of sulfonamides is 1. The number of hydrogen-bond acceptors (Lipinski definition) is 4. The molecular formula is C19H26N4O3S. The molecule has 0 bridgehead atoms. The smallest absolute Gasteiger partial charge is 0.236 e. The third-order valence-corrected chi connectivity index (χ3v) is 6.89. The summed E-state index contributed by atoms with van der Waals surface area (Å²) in [5, 5.41) is 7.08. The van der Waals surface area contributed by atoms with Crippen LogP contribution in [0.3, 0.4) is 0 Å². The molecule has 3 rings (SSSR count). The van der Waals surface area contributed by atoms with Crippen molar-refractivity contribution in [3.63, 3.8) is 0 Å². The largest absolute Gasteiger partial charge is 0.355 e. The number of carbonyl (C=O) groups excluding carboxylic acids is 1. The molecule has 0 fully saturated rings. The van der Waals surface area contributed by atoms with Crippen molar-refractivity contribution in [1.29, 1.82) is 0 Å². The van der Waals surface area contributed by atoms with Gasteiger partial charge in [-0.25, -0.2) is 8.42 Å². The predicted molar refractivity (Wildman–Crippen MR) is 105 cm³/mol. The van der Waals surface area contributed by atoms with Crippen molar-refractivity contribution in [3.05, 3.63) is 46.8 Å². The Morgan fingerprint density at radius 1 is 1.26 bits per heavy atom. The fraction of sp³-hybridized carbons (Fsp3) is 0.474. The molecule has 1 amide bonds. The summed E-state index contributed by atoms with van der Waals surface area (Å²) < 4.78 is 28.5. The van der Waals surface area contributed by atoms with Crippen molar-refractivity contribution in [2.45, 2.75) is 33.1 Å². The Morgan fingerprint density at radius 2 is 2.00 bits per heavy atom. The van der Waals surface area contributed by atoms with E-state index in [-0.39, 0.29) is 18.2 Å². The van der Waals surface area contributed by atoms with E-state index in [1.54, 1.807) is 0 Å². The summed E-state index contributed by atoms with van der Waals surface area (Å²) in [4.78, 5) is 12.1. The van der Waals surface area contributed by atoms with Crippen molar-refractivity contribution in [3.8, 4) is 0 Å². The van der Waals surface area contributed by atoms with Crippen LogP contribution in [-0.2, 0) is 34.7 Å². The fourth-order valence-corrected chi connectivity index (χ4v) is 4.96. The fourth-order valence-electron chi connectivity index (χ4n) is 3.53. The molecule has 1 N–H and O–H groups in total. The minimum absolute atomic E-state index is 0.0992. The van der Waals surface area contributed by atoms with Crippen LogP contribution in [0.25, 0.3) is 0 Å². The number of nitrogens with one attached hydrogen (secondary N) is 1. The van der Waals surface area contributed by atoms with E-state index < -0.39 is 10.0 Å². The van der Waals surface area contributed by atoms with Crippen molar-refractivity contribution in [1.82, 2.24) is 15.1 Å². The second-order valence-corrected chi connectivity index (χ2v) is 8.90. The van der Waals surface area contributed by atoms with Crippen LogP contribution in [-0.4, -0.2) is 42.9 Å². The highest BCUT2D eigenvalue weighted by Gasteiger charge is 2.28. The number of hydrogen-bond donors (Lipinski definition) is 1. The van der Waals surface area contributed by atoms with Crippen LogP contribution in [0.15, 0.2) is 24.3 Å². The topological polar surface area (TPSA) is 84.3 Å². The number of rotatable bonds is 7. The Morgan fingerprint density at radius 3 is 2.70 bits per heavy atom. The number of benzene rings is 1. The molecular weight excluding hydrogens is 364 g/mol. The zero-order valence-electron chi connectivity index (χ0n) is 16.0. The predicted octanol–water partition coefficient (Wildman–Crippen LogP) is 1.48. The summed E-state index contributed by atoms with van der Waals surface area (Å²) >= 11 is 0. The second-order valence-electron chi connectivity index (χ2n) is 6.89. The van der Waals surface area contributed by atoms with E-state index in [2.05, 4.69) is 10.4 Å². The molecule has 8 heteroatoms. The zero-order chi connectivity index (χ0) is 19.6. The van der Waals surface area contributed by atoms with Crippen LogP contribution in [0, 0.1) is 13.8 Å². The molecule has 2 aromatic rings. The first-order chi connectivity index (χ1) is 12.8. The number of amides is 1. The van der Waals surface area contributed by atoms with Crippen molar-refractivity contribution in [2.24, 2.45) is 7.05 Å². The number of aryl methyl sites for hydroxylation is 2. The van der Waals surface area contributed by atoms with Crippen LogP contribution >= 0.6 is 0 Å². The average Bonchev–Trinajstić information content (AvgIpc) is 3.15. The summed E-state index contributed by atoms with van der Waals surface area (Å²) in [5.74, 6) is -0.243. The molecule has 7 nitrogen and oxygen atoms in total. The quantitative estimate of drug-likeness (QED) is 0.776. The van der Waals surface area contributed by atoms with Gasteiger partial charge in [-0.3, -0.25) is 13.8 Å². The van der Waals surface area contributed by atoms with E-state index in [1.807, 2.05) is 49.8 Å². The molecule has 1 aliphatic rings. The number of anilines is 1. The van der Waals surface area contributed by atoms with Crippen LogP contribution in [0.5, 0.6) is 0 Å². The minimum atomic E-state index is -3.44. The van der Waals surface area contributed by atoms with E-state index in [1.165, 1.54) is 4.31 Å². The maximum Gasteiger partial charge on any atom is 0.236 e. The number of aromatic nitrogens is 2. The second kappa shape index (κ2) is 7.72. The Balaban J connectivity index is 1.50. The van der Waals surface area contributed by atoms with Gasteiger partial charge in [0, 0.05) is 32.3 Å². The zero-order valence-corrected chi connectivity index (χ0v) is 16.8. The van der Waals surface area contributed by atoms with E-state index in [9.17, 15) is 13.2 Å². The third-order valence-electron chi connectivity index (χ3n) is 5.12. The van der Waals surface area contributed by atoms with Gasteiger partial charge in [0.1, 0.15) is 0 Å². The highest BCUT2D eigenvalue weighted by molar-refractivity contribution is 7.92. The highest BCUT2D eigenvalue weighted by atomic mass is 32.2. The van der Waals surface area contributed by atoms with Gasteiger partial charge >= 0.3 is 0 Å². The maximum atomic E-state index is 12.6. The molecule has 27 heavy (non-hydrogen) atoms. The van der Waals surface area contributed by atoms with Gasteiger partial charge in [0.2, 0.25) is 15.9 Å². The molecule has 1 aromatic heterocycles. The minimum Gasteiger partial charge on any atom is -0.355 e. The van der Waals surface area contributed by atoms with E-state index in [0.717, 1.165) is 34.6 Å². The lowest BCUT2D eigenvalue weighted by molar-refractivity contribution is -0.120. The molecule has 0 atom stereocenters. The third kappa shape index (κ3) is 4.16. The molecule has 0 saturated carbocycles. The first kappa shape index (κ1) is 19.4. The number of carbonyl (C=O) groups is 1. The first-order valence-electron chi connectivity index (χ1n) is 9.13. The first-order valence-corrected chi connectivity index (χ1v) is 10.7. The summed E-state index contributed by atoms with van der Waals surface area (Å²) in [6.07, 6.45) is 1.65. The monoisotopic (exact) mass is 390 g/mol. The SMILES string of the molecule is Cc1nn(C)c(C)c1CCC(=O)NCCS(=O)(=O)N1CCc2ccccc21. The molecule has 0 saturated heterocycles. The number of fused-ring (bicyclic) bond motifs is 1. The van der Waals surface area contributed by atoms with E-state index in [4.69, 9.17) is 0 Å². The van der Waals surface area contributed by atoms with Crippen molar-refractivity contribution < 1.29 is 13.2 Å². The van der Waals surface area contributed by atoms with E-state index >= 15 is 0 Å². The Hall–Kier alpha value is -2.35. The lowest BCUT2D eigenvalue weighted by atomic mass is 10.1. The van der Waals surface area contributed by atoms with Gasteiger partial charge in [-0.05, 0) is 43.9 Å². The summed E-state index contributed by atoms with van der Waals surface area (Å²) in [6, 6.07) is 7.55. The van der Waals surface area contributed by atoms with Gasteiger partial charge < -0.3 is 5.32 Å². The van der Waals surface area contributed by atoms with Gasteiger partial charge in [0.25, 0.3) is 0 Å². The van der Waals surface area contributed by atoms with Gasteiger partial charge in [-0.15, -0.1) is 0 Å². The van der Waals surface area contributed by atoms with Crippen LogP contribution in [0.1, 0.15) is 28.9 Å². The normalized spacial score (nSPS) is 13.7. The Kier molecular flexibility index (Phi) is 5.55. The standard InChI is InChI=1S/C19H26N4O3S/c1-14-17(15(2)22(3)21-14)8-9-19(24)20-11-13-27(25,26)23-12-10-16-6-4-5-7-18(16)23/h4-7H,8-13H2,1-3H3,(H,20,24). The van der Waals surface area contributed by atoms with Crippen molar-refractivity contribution >= 4 is 21.6 Å². The summed E-state index contributed by atoms with van der Waals surface area (Å²) in [6.45, 7) is 4.49. The average molecular weight is 391 g/mol. The molecule has 0 radical (unpaired) electrons. The number of nitrogens with zero attached hydrogens (tertiary/aromatic N) is 3. The van der Waals surface area contributed by atoms with Gasteiger partial charge in [-0.1, -0.05) is 18.2 Å². The molecule has 146 valence electrons. The van der Waals surface area contributed by atoms with Crippen molar-refractivity contribution in [2.75, 3.05) is 23.1 Å². The molecule has 0 aliphatic carbocycles. The number of para-hydroxylation sites is 1. The summed E-state index contributed by atoms with van der Waals surface area (Å²) in [5.41, 5.74) is 4.86. The lowest BCUT2D eigenvalue weighted by Crippen LogP contribution is -2.37. The molecule has 2 heterocycles. The van der Waals surface area contributed by atoms with Gasteiger partial charge in [0.15, 0.2) is 0 Å². The molecule has 1 aliphatic heterocycles. The Labute approximate surface area is 160 Å². The maximum absolute atomic E-state index is 12.6. The van der Waals surface area contributed by atoms with Crippen LogP contribution < -0.4 is 9.62 Å². The molecule has 0 spiro atoms. The van der Waals surface area contributed by atoms with Gasteiger partial charge in [-0.2, -0.15) is 5.10 Å². The van der Waals surface area contributed by atoms with E-state index in [0.29, 0.717) is 19.4 Å². The Bertz CT molecular complexity index is 950. The van der Waals surface area contributed by atoms with Crippen LogP contribution in [0.2, 0.25) is 0 Å². The molecule has 1 aromatic carbocycles. The molecule has 0 unspecified atom stereocenters. The summed E-state index contributed by atoms with van der Waals surface area (Å²) in [7, 11) is -1.56. The van der Waals surface area contributed by atoms with Crippen LogP contribution in [0.4, 0.5) is 5.69 Å². The lowest BCUT2D eigenvalue weighted by Gasteiger charge is -2.19. The van der Waals surface area contributed by atoms with Gasteiger partial charge in [0.05, 0.1) is 17.1 Å².